The first-order valence-corrected chi connectivity index (χ1v) is 5.15. The van der Waals surface area contributed by atoms with Crippen LogP contribution < -0.4 is 0 Å². The molecule has 0 unspecified atom stereocenters. The smallest absolute Gasteiger partial charge is 0.163 e. The molecule has 0 heterocycles. The average molecular weight is 210 g/mol. The van der Waals surface area contributed by atoms with Gasteiger partial charge in [-0.2, -0.15) is 0 Å². The Kier molecular flexibility index (Phi) is 2.80. The van der Waals surface area contributed by atoms with Gasteiger partial charge in [0.05, 0.1) is 0 Å². The molecule has 0 bridgehead atoms. The van der Waals surface area contributed by atoms with E-state index in [1.54, 1.807) is 0 Å². The van der Waals surface area contributed by atoms with Crippen molar-refractivity contribution in [2.24, 2.45) is 5.92 Å². The van der Waals surface area contributed by atoms with E-state index in [9.17, 15) is 13.6 Å². The molecule has 2 rings (SSSR count). The summed E-state index contributed by atoms with van der Waals surface area (Å²) >= 11 is 0. The zero-order valence-electron chi connectivity index (χ0n) is 8.30. The van der Waals surface area contributed by atoms with E-state index in [1.165, 1.54) is 12.5 Å². The van der Waals surface area contributed by atoms with E-state index in [1.807, 2.05) is 0 Å². The summed E-state index contributed by atoms with van der Waals surface area (Å²) in [5.41, 5.74) is 0.279. The predicted octanol–water partition coefficient (Wildman–Crippen LogP) is 3.34. The molecule has 1 aliphatic carbocycles. The quantitative estimate of drug-likeness (QED) is 0.699. The fourth-order valence-corrected chi connectivity index (χ4v) is 1.75. The van der Waals surface area contributed by atoms with Gasteiger partial charge < -0.3 is 0 Å². The van der Waals surface area contributed by atoms with Gasteiger partial charge in [0.2, 0.25) is 0 Å². The lowest BCUT2D eigenvalue weighted by molar-refractivity contribution is 0.0936. The van der Waals surface area contributed by atoms with Crippen LogP contribution in [-0.4, -0.2) is 5.78 Å². The molecule has 15 heavy (non-hydrogen) atoms. The third kappa shape index (κ3) is 2.22. The van der Waals surface area contributed by atoms with Crippen molar-refractivity contribution in [2.75, 3.05) is 0 Å². The van der Waals surface area contributed by atoms with Gasteiger partial charge in [0, 0.05) is 12.0 Å². The second kappa shape index (κ2) is 4.09. The lowest BCUT2D eigenvalue weighted by Gasteiger charge is -2.24. The van der Waals surface area contributed by atoms with Crippen molar-refractivity contribution in [3.63, 3.8) is 0 Å². The molecule has 3 heteroatoms. The van der Waals surface area contributed by atoms with Gasteiger partial charge in [-0.05, 0) is 24.1 Å². The summed E-state index contributed by atoms with van der Waals surface area (Å²) in [5, 5.41) is 0. The number of carbonyl (C=O) groups is 1. The van der Waals surface area contributed by atoms with Gasteiger partial charge in [-0.3, -0.25) is 4.79 Å². The Labute approximate surface area is 87.1 Å². The summed E-state index contributed by atoms with van der Waals surface area (Å²) in [6, 6.07) is 3.33. The van der Waals surface area contributed by atoms with Gasteiger partial charge in [-0.15, -0.1) is 0 Å². The normalized spacial score (nSPS) is 16.1. The van der Waals surface area contributed by atoms with Crippen molar-refractivity contribution in [1.29, 1.82) is 0 Å². The zero-order chi connectivity index (χ0) is 10.8. The SMILES string of the molecule is O=C(CC1CCC1)c1ccc(F)c(F)c1. The minimum Gasteiger partial charge on any atom is -0.294 e. The minimum absolute atomic E-state index is 0.0846. The molecule has 0 aliphatic heterocycles. The molecule has 1 nitrogen and oxygen atoms in total. The molecule has 0 saturated heterocycles. The lowest BCUT2D eigenvalue weighted by atomic mass is 9.81. The molecular formula is C12H12F2O. The Balaban J connectivity index is 2.07. The summed E-state index contributed by atoms with van der Waals surface area (Å²) in [5.74, 6) is -1.49. The number of rotatable bonds is 3. The van der Waals surface area contributed by atoms with Gasteiger partial charge in [0.25, 0.3) is 0 Å². The molecular weight excluding hydrogens is 198 g/mol. The van der Waals surface area contributed by atoms with Crippen LogP contribution in [0.2, 0.25) is 0 Å². The standard InChI is InChI=1S/C12H12F2O/c13-10-5-4-9(7-11(10)14)12(15)6-8-2-1-3-8/h4-5,7-8H,1-3,6H2. The largest absolute Gasteiger partial charge is 0.294 e. The highest BCUT2D eigenvalue weighted by atomic mass is 19.2. The molecule has 1 saturated carbocycles. The highest BCUT2D eigenvalue weighted by molar-refractivity contribution is 5.96. The van der Waals surface area contributed by atoms with Crippen LogP contribution in [0.4, 0.5) is 8.78 Å². The fourth-order valence-electron chi connectivity index (χ4n) is 1.75. The van der Waals surface area contributed by atoms with Crippen molar-refractivity contribution in [1.82, 2.24) is 0 Å². The molecule has 1 aromatic carbocycles. The van der Waals surface area contributed by atoms with Crippen LogP contribution in [0.1, 0.15) is 36.0 Å². The van der Waals surface area contributed by atoms with E-state index in [0.717, 1.165) is 25.0 Å². The topological polar surface area (TPSA) is 17.1 Å². The average Bonchev–Trinajstić information content (AvgIpc) is 2.15. The highest BCUT2D eigenvalue weighted by Gasteiger charge is 2.21. The van der Waals surface area contributed by atoms with E-state index in [2.05, 4.69) is 0 Å². The van der Waals surface area contributed by atoms with Crippen molar-refractivity contribution in [3.8, 4) is 0 Å². The first kappa shape index (κ1) is 10.3. The minimum atomic E-state index is -0.950. The van der Waals surface area contributed by atoms with Gasteiger partial charge in [0.1, 0.15) is 0 Å². The van der Waals surface area contributed by atoms with Gasteiger partial charge in [-0.1, -0.05) is 19.3 Å². The molecule has 1 aromatic rings. The number of hydrogen-bond acceptors (Lipinski definition) is 1. The number of ketones is 1. The molecule has 0 N–H and O–H groups in total. The van der Waals surface area contributed by atoms with Crippen molar-refractivity contribution in [2.45, 2.75) is 25.7 Å². The molecule has 0 radical (unpaired) electrons. The van der Waals surface area contributed by atoms with Gasteiger partial charge in [0.15, 0.2) is 17.4 Å². The number of benzene rings is 1. The summed E-state index contributed by atoms with van der Waals surface area (Å²) < 4.78 is 25.5. The maximum atomic E-state index is 12.8. The van der Waals surface area contributed by atoms with Crippen LogP contribution in [-0.2, 0) is 0 Å². The van der Waals surface area contributed by atoms with Crippen molar-refractivity contribution < 1.29 is 13.6 Å². The fraction of sp³-hybridized carbons (Fsp3) is 0.417. The van der Waals surface area contributed by atoms with Crippen molar-refractivity contribution in [3.05, 3.63) is 35.4 Å². The molecule has 0 amide bonds. The van der Waals surface area contributed by atoms with Crippen LogP contribution in [0.5, 0.6) is 0 Å². The first-order chi connectivity index (χ1) is 7.16. The van der Waals surface area contributed by atoms with Crippen LogP contribution in [0.15, 0.2) is 18.2 Å². The van der Waals surface area contributed by atoms with Crippen LogP contribution in [0, 0.1) is 17.6 Å². The summed E-state index contributed by atoms with van der Waals surface area (Å²) in [7, 11) is 0. The lowest BCUT2D eigenvalue weighted by Crippen LogP contribution is -2.16. The number of carbonyl (C=O) groups excluding carboxylic acids is 1. The first-order valence-electron chi connectivity index (χ1n) is 5.15. The van der Waals surface area contributed by atoms with Crippen LogP contribution in [0.25, 0.3) is 0 Å². The third-order valence-electron chi connectivity index (χ3n) is 2.94. The molecule has 0 atom stereocenters. The van der Waals surface area contributed by atoms with E-state index in [0.29, 0.717) is 12.3 Å². The van der Waals surface area contributed by atoms with Crippen LogP contribution in [0.3, 0.4) is 0 Å². The summed E-state index contributed by atoms with van der Waals surface area (Å²) in [6.45, 7) is 0. The van der Waals surface area contributed by atoms with E-state index >= 15 is 0 Å². The van der Waals surface area contributed by atoms with Crippen LogP contribution >= 0.6 is 0 Å². The molecule has 0 spiro atoms. The Bertz CT molecular complexity index is 383. The molecule has 1 aliphatic rings. The second-order valence-electron chi connectivity index (χ2n) is 4.05. The number of hydrogen-bond donors (Lipinski definition) is 0. The van der Waals surface area contributed by atoms with E-state index in [-0.39, 0.29) is 11.3 Å². The number of Topliss-reactive ketones (excluding diaryl/α,β-unsaturated/α-hetero) is 1. The third-order valence-corrected chi connectivity index (χ3v) is 2.94. The highest BCUT2D eigenvalue weighted by Crippen LogP contribution is 2.30. The second-order valence-corrected chi connectivity index (χ2v) is 4.05. The van der Waals surface area contributed by atoms with Gasteiger partial charge in [-0.25, -0.2) is 8.78 Å². The molecule has 80 valence electrons. The van der Waals surface area contributed by atoms with Gasteiger partial charge >= 0.3 is 0 Å². The Morgan fingerprint density at radius 3 is 2.53 bits per heavy atom. The zero-order valence-corrected chi connectivity index (χ0v) is 8.30. The maximum absolute atomic E-state index is 12.8. The monoisotopic (exact) mass is 210 g/mol. The van der Waals surface area contributed by atoms with E-state index < -0.39 is 11.6 Å². The summed E-state index contributed by atoms with van der Waals surface area (Å²) in [4.78, 5) is 11.6. The Hall–Kier alpha value is -1.25. The summed E-state index contributed by atoms with van der Waals surface area (Å²) in [6.07, 6.45) is 3.80. The van der Waals surface area contributed by atoms with E-state index in [4.69, 9.17) is 0 Å². The maximum Gasteiger partial charge on any atom is 0.163 e. The Morgan fingerprint density at radius 1 is 1.27 bits per heavy atom. The number of halogens is 2. The molecule has 1 fully saturated rings. The predicted molar refractivity (Wildman–Crippen MR) is 52.6 cm³/mol. The molecule has 0 aromatic heterocycles. The Morgan fingerprint density at radius 2 is 2.00 bits per heavy atom. The van der Waals surface area contributed by atoms with Crippen molar-refractivity contribution >= 4 is 5.78 Å².